The van der Waals surface area contributed by atoms with Gasteiger partial charge in [-0.25, -0.2) is 0 Å². The number of carbonyl (C=O) groups is 1. The lowest BCUT2D eigenvalue weighted by Gasteiger charge is -2.27. The van der Waals surface area contributed by atoms with Crippen molar-refractivity contribution in [1.29, 1.82) is 0 Å². The molecule has 0 heterocycles. The summed E-state index contributed by atoms with van der Waals surface area (Å²) in [7, 11) is 1.48. The zero-order chi connectivity index (χ0) is 30.7. The molecule has 0 radical (unpaired) electrons. The molecule has 41 heavy (non-hydrogen) atoms. The molecule has 0 saturated heterocycles. The highest BCUT2D eigenvalue weighted by Crippen LogP contribution is 2.37. The molecule has 0 rings (SSSR count). The van der Waals surface area contributed by atoms with E-state index in [2.05, 4.69) is 60.8 Å². The van der Waals surface area contributed by atoms with Gasteiger partial charge in [0.1, 0.15) is 13.2 Å². The van der Waals surface area contributed by atoms with Crippen molar-refractivity contribution in [2.24, 2.45) is 0 Å². The van der Waals surface area contributed by atoms with Gasteiger partial charge in [-0.2, -0.15) is 0 Å². The number of amides is 1. The zero-order valence-corrected chi connectivity index (χ0v) is 27.2. The Labute approximate surface area is 249 Å². The summed E-state index contributed by atoms with van der Waals surface area (Å²) in [4.78, 5) is 23.7. The van der Waals surface area contributed by atoms with E-state index in [1.54, 1.807) is 6.92 Å². The number of phosphoric ester groups is 1. The van der Waals surface area contributed by atoms with E-state index < -0.39 is 14.1 Å². The summed E-state index contributed by atoms with van der Waals surface area (Å²) in [6.45, 7) is 5.07. The number of hydrogen-bond acceptors (Lipinski definition) is 7. The number of nitrogens with zero attached hydrogens (tertiary/aromatic N) is 1. The van der Waals surface area contributed by atoms with E-state index in [0.717, 1.165) is 32.1 Å². The second-order valence-corrected chi connectivity index (χ2v) is 12.2. The number of phosphoric acid groups is 1. The zero-order valence-electron chi connectivity index (χ0n) is 26.3. The van der Waals surface area contributed by atoms with Gasteiger partial charge in [0.05, 0.1) is 41.0 Å². The fourth-order valence-corrected chi connectivity index (χ4v) is 4.00. The lowest BCUT2D eigenvalue weighted by molar-refractivity contribution is -0.870. The predicted octanol–water partition coefficient (Wildman–Crippen LogP) is 5.84. The molecule has 1 N–H and O–H groups in total. The van der Waals surface area contributed by atoms with Crippen molar-refractivity contribution in [2.75, 3.05) is 60.7 Å². The van der Waals surface area contributed by atoms with Gasteiger partial charge in [-0.05, 0) is 51.9 Å². The Balaban J connectivity index is 3.65. The van der Waals surface area contributed by atoms with Crippen molar-refractivity contribution in [2.45, 2.75) is 84.3 Å². The van der Waals surface area contributed by atoms with Crippen LogP contribution in [0.4, 0.5) is 0 Å². The Morgan fingerprint density at radius 2 is 1.34 bits per heavy atom. The molecule has 9 nitrogen and oxygen atoms in total. The first-order valence-electron chi connectivity index (χ1n) is 15.1. The highest BCUT2D eigenvalue weighted by atomic mass is 31.2. The summed E-state index contributed by atoms with van der Waals surface area (Å²) in [5.41, 5.74) is 0. The highest BCUT2D eigenvalue weighted by Gasteiger charge is 2.13. The number of allylic oxidation sites excluding steroid dienone is 8. The monoisotopic (exact) mass is 600 g/mol. The molecule has 238 valence electrons. The molecule has 0 aromatic carbocycles. The maximum Gasteiger partial charge on any atom is 0.268 e. The lowest BCUT2D eigenvalue weighted by Crippen LogP contribution is -2.37. The third-order valence-electron chi connectivity index (χ3n) is 5.71. The Morgan fingerprint density at radius 3 is 1.93 bits per heavy atom. The molecular formula is C31H57N2O7P. The fourth-order valence-electron chi connectivity index (χ4n) is 3.32. The van der Waals surface area contributed by atoms with Gasteiger partial charge in [0.25, 0.3) is 7.82 Å². The van der Waals surface area contributed by atoms with Crippen molar-refractivity contribution in [3.63, 3.8) is 0 Å². The van der Waals surface area contributed by atoms with Crippen molar-refractivity contribution in [1.82, 2.24) is 5.32 Å². The minimum absolute atomic E-state index is 0.0112. The van der Waals surface area contributed by atoms with E-state index in [1.807, 2.05) is 21.1 Å². The van der Waals surface area contributed by atoms with E-state index in [9.17, 15) is 14.3 Å². The standard InChI is InChI=1S/C31H57N2O7P/c1-6-7-8-9-10-11-12-13-14-15-16-17-18-19-20-21-22-23-31(34)32-24-26-37-30(2)38-28-29-40-41(35,36)39-27-25-33(3,4)5/h10-11,13-14,16-17,19-20,30H,6-9,12,15,18,21-29H2,1-5H3,(H-,32,34,35,36)/b11-10-,14-13-,17-16-,20-19-. The summed E-state index contributed by atoms with van der Waals surface area (Å²) in [6, 6.07) is 0. The smallest absolute Gasteiger partial charge is 0.268 e. The second-order valence-electron chi connectivity index (χ2n) is 10.8. The van der Waals surface area contributed by atoms with Crippen LogP contribution in [-0.2, 0) is 27.9 Å². The first-order valence-corrected chi connectivity index (χ1v) is 16.5. The molecule has 2 atom stereocenters. The number of unbranched alkanes of at least 4 members (excludes halogenated alkanes) is 4. The number of likely N-dealkylation sites (N-methyl/N-ethyl adjacent to an activating group) is 1. The quantitative estimate of drug-likeness (QED) is 0.0415. The minimum atomic E-state index is -4.34. The Hall–Kier alpha value is -1.58. The van der Waals surface area contributed by atoms with Gasteiger partial charge >= 0.3 is 0 Å². The number of nitrogens with one attached hydrogen (secondary N) is 1. The van der Waals surface area contributed by atoms with Crippen LogP contribution in [0.3, 0.4) is 0 Å². The van der Waals surface area contributed by atoms with E-state index in [4.69, 9.17) is 18.5 Å². The molecule has 0 aliphatic rings. The van der Waals surface area contributed by atoms with Gasteiger partial charge < -0.3 is 33.2 Å². The van der Waals surface area contributed by atoms with Gasteiger partial charge in [0.15, 0.2) is 6.29 Å². The van der Waals surface area contributed by atoms with Crippen LogP contribution in [0.5, 0.6) is 0 Å². The third-order valence-corrected chi connectivity index (χ3v) is 6.70. The molecule has 0 spiro atoms. The number of rotatable bonds is 27. The number of ether oxygens (including phenoxy) is 2. The topological polar surface area (TPSA) is 106 Å². The summed E-state index contributed by atoms with van der Waals surface area (Å²) in [6.07, 6.45) is 27.0. The van der Waals surface area contributed by atoms with E-state index >= 15 is 0 Å². The SMILES string of the molecule is CCCCC/C=C\C/C=C\C/C=C\C/C=C\CCCC(=O)NCCOC(C)OCCOP(=O)([O-])OCC[N+](C)(C)C. The summed E-state index contributed by atoms with van der Waals surface area (Å²) < 4.78 is 32.7. The predicted molar refractivity (Wildman–Crippen MR) is 165 cm³/mol. The van der Waals surface area contributed by atoms with Crippen molar-refractivity contribution in [3.8, 4) is 0 Å². The average Bonchev–Trinajstić information content (AvgIpc) is 2.90. The van der Waals surface area contributed by atoms with Gasteiger partial charge in [-0.15, -0.1) is 0 Å². The summed E-state index contributed by atoms with van der Waals surface area (Å²) in [5, 5.41) is 2.82. The summed E-state index contributed by atoms with van der Waals surface area (Å²) >= 11 is 0. The molecule has 2 unspecified atom stereocenters. The maximum absolute atomic E-state index is 12.0. The maximum atomic E-state index is 12.0. The lowest BCUT2D eigenvalue weighted by atomic mass is 10.2. The van der Waals surface area contributed by atoms with Crippen LogP contribution in [-0.4, -0.2) is 77.3 Å². The average molecular weight is 601 g/mol. The van der Waals surface area contributed by atoms with E-state index in [0.29, 0.717) is 30.6 Å². The molecule has 0 fully saturated rings. The van der Waals surface area contributed by atoms with Crippen LogP contribution in [0.25, 0.3) is 0 Å². The first-order chi connectivity index (χ1) is 19.6. The molecule has 0 aliphatic heterocycles. The number of hydrogen-bond donors (Lipinski definition) is 1. The van der Waals surface area contributed by atoms with E-state index in [1.165, 1.54) is 25.7 Å². The molecule has 10 heteroatoms. The molecule has 0 saturated carbocycles. The van der Waals surface area contributed by atoms with Crippen LogP contribution < -0.4 is 10.2 Å². The summed E-state index contributed by atoms with van der Waals surface area (Å²) in [5.74, 6) is -0.0112. The molecular weight excluding hydrogens is 543 g/mol. The van der Waals surface area contributed by atoms with Crippen molar-refractivity contribution in [3.05, 3.63) is 48.6 Å². The van der Waals surface area contributed by atoms with Gasteiger partial charge in [-0.1, -0.05) is 68.4 Å². The van der Waals surface area contributed by atoms with Crippen LogP contribution in [0.1, 0.15) is 78.1 Å². The van der Waals surface area contributed by atoms with Crippen LogP contribution in [0, 0.1) is 0 Å². The largest absolute Gasteiger partial charge is 0.756 e. The Bertz CT molecular complexity index is 807. The minimum Gasteiger partial charge on any atom is -0.756 e. The highest BCUT2D eigenvalue weighted by molar-refractivity contribution is 7.45. The molecule has 0 aromatic heterocycles. The molecule has 0 aromatic rings. The van der Waals surface area contributed by atoms with Gasteiger partial charge in [0, 0.05) is 13.0 Å². The normalized spacial score (nSPS) is 15.0. The first kappa shape index (κ1) is 39.4. The van der Waals surface area contributed by atoms with Gasteiger partial charge in [0.2, 0.25) is 5.91 Å². The Kier molecular flexibility index (Phi) is 25.1. The fraction of sp³-hybridized carbons (Fsp3) is 0.710. The Morgan fingerprint density at radius 1 is 0.805 bits per heavy atom. The van der Waals surface area contributed by atoms with Crippen LogP contribution >= 0.6 is 7.82 Å². The van der Waals surface area contributed by atoms with E-state index in [-0.39, 0.29) is 25.7 Å². The van der Waals surface area contributed by atoms with Gasteiger partial charge in [-0.3, -0.25) is 9.36 Å². The van der Waals surface area contributed by atoms with Crippen LogP contribution in [0.2, 0.25) is 0 Å². The molecule has 0 aliphatic carbocycles. The third kappa shape index (κ3) is 31.2. The number of quaternary nitrogens is 1. The second kappa shape index (κ2) is 26.1. The van der Waals surface area contributed by atoms with Crippen LogP contribution in [0.15, 0.2) is 48.6 Å². The molecule has 0 bridgehead atoms. The van der Waals surface area contributed by atoms with Crippen molar-refractivity contribution < 1.29 is 37.3 Å². The molecule has 1 amide bonds. The number of carbonyl (C=O) groups excluding carboxylic acids is 1. The van der Waals surface area contributed by atoms with Crippen molar-refractivity contribution >= 4 is 13.7 Å².